The molecule has 110 valence electrons. The van der Waals surface area contributed by atoms with E-state index in [1.807, 2.05) is 13.8 Å². The molecule has 0 aliphatic carbocycles. The quantitative estimate of drug-likeness (QED) is 0.841. The summed E-state index contributed by atoms with van der Waals surface area (Å²) in [4.78, 5) is 24.8. The number of carbonyl (C=O) groups is 2. The molecule has 0 heterocycles. The van der Waals surface area contributed by atoms with Gasteiger partial charge in [0, 0.05) is 17.6 Å². The molecule has 1 aromatic rings. The maximum Gasteiger partial charge on any atom is 0.336 e. The molecule has 1 rings (SSSR count). The van der Waals surface area contributed by atoms with Gasteiger partial charge in [-0.05, 0) is 32.0 Å². The molecule has 0 bridgehead atoms. The first-order valence-corrected chi connectivity index (χ1v) is 8.20. The highest BCUT2D eigenvalue weighted by Crippen LogP contribution is 2.20. The van der Waals surface area contributed by atoms with Crippen molar-refractivity contribution < 1.29 is 18.9 Å². The van der Waals surface area contributed by atoms with Crippen LogP contribution in [0.25, 0.3) is 0 Å². The summed E-state index contributed by atoms with van der Waals surface area (Å²) in [5, 5.41) is 9.10. The summed E-state index contributed by atoms with van der Waals surface area (Å²) in [6.45, 7) is 4.76. The zero-order valence-electron chi connectivity index (χ0n) is 11.3. The van der Waals surface area contributed by atoms with Crippen molar-refractivity contribution in [2.75, 3.05) is 18.8 Å². The normalized spacial score (nSPS) is 11.9. The molecule has 7 heteroatoms. The number of halogens is 1. The Kier molecular flexibility index (Phi) is 6.35. The molecular formula is C13H16BrNO4S. The smallest absolute Gasteiger partial charge is 0.336 e. The maximum absolute atomic E-state index is 12.2. The van der Waals surface area contributed by atoms with E-state index in [4.69, 9.17) is 5.11 Å². The Balaban J connectivity index is 3.00. The molecule has 1 unspecified atom stereocenters. The van der Waals surface area contributed by atoms with Crippen LogP contribution in [0.1, 0.15) is 24.2 Å². The summed E-state index contributed by atoms with van der Waals surface area (Å²) in [5.74, 6) is -1.61. The average molecular weight is 362 g/mol. The van der Waals surface area contributed by atoms with E-state index in [2.05, 4.69) is 15.9 Å². The van der Waals surface area contributed by atoms with Crippen LogP contribution in [0.4, 0.5) is 0 Å². The monoisotopic (exact) mass is 361 g/mol. The van der Waals surface area contributed by atoms with Crippen LogP contribution in [0.5, 0.6) is 0 Å². The molecule has 0 spiro atoms. The van der Waals surface area contributed by atoms with Crippen LogP contribution >= 0.6 is 15.9 Å². The third-order valence-corrected chi connectivity index (χ3v) is 4.62. The van der Waals surface area contributed by atoms with Gasteiger partial charge in [0.15, 0.2) is 0 Å². The highest BCUT2D eigenvalue weighted by molar-refractivity contribution is 9.10. The molecule has 1 aromatic carbocycles. The van der Waals surface area contributed by atoms with E-state index in [-0.39, 0.29) is 22.1 Å². The van der Waals surface area contributed by atoms with Crippen LogP contribution in [0.3, 0.4) is 0 Å². The first-order valence-electron chi connectivity index (χ1n) is 6.09. The van der Waals surface area contributed by atoms with Crippen molar-refractivity contribution >= 4 is 38.6 Å². The molecule has 0 saturated heterocycles. The van der Waals surface area contributed by atoms with E-state index in [1.165, 1.54) is 12.1 Å². The van der Waals surface area contributed by atoms with Crippen molar-refractivity contribution in [3.63, 3.8) is 0 Å². The minimum absolute atomic E-state index is 0.0427. The molecule has 0 aliphatic heterocycles. The Bertz CT molecular complexity index is 543. The molecule has 0 saturated carbocycles. The Hall–Kier alpha value is -1.21. The summed E-state index contributed by atoms with van der Waals surface area (Å²) < 4.78 is 12.9. The third-order valence-electron chi connectivity index (χ3n) is 2.79. The largest absolute Gasteiger partial charge is 0.478 e. The van der Waals surface area contributed by atoms with Crippen molar-refractivity contribution in [2.24, 2.45) is 0 Å². The number of carboxylic acids is 1. The van der Waals surface area contributed by atoms with E-state index >= 15 is 0 Å². The number of aromatic carboxylic acids is 1. The van der Waals surface area contributed by atoms with Crippen LogP contribution in [0.15, 0.2) is 27.6 Å². The molecular weight excluding hydrogens is 346 g/mol. The molecule has 20 heavy (non-hydrogen) atoms. The molecule has 0 radical (unpaired) electrons. The second-order valence-electron chi connectivity index (χ2n) is 4.00. The molecule has 1 atom stereocenters. The summed E-state index contributed by atoms with van der Waals surface area (Å²) in [6.07, 6.45) is 0. The van der Waals surface area contributed by atoms with Crippen molar-refractivity contribution in [3.05, 3.63) is 28.2 Å². The molecule has 1 amide bonds. The fourth-order valence-corrected chi connectivity index (χ4v) is 3.45. The SMILES string of the molecule is CCN(CC)C(=O)CS(=O)c1cc(Br)ccc1C(=O)O. The summed E-state index contributed by atoms with van der Waals surface area (Å²) in [6, 6.07) is 4.42. The second-order valence-corrected chi connectivity index (χ2v) is 6.34. The van der Waals surface area contributed by atoms with Crippen molar-refractivity contribution in [2.45, 2.75) is 18.7 Å². The van der Waals surface area contributed by atoms with Gasteiger partial charge in [0.1, 0.15) is 5.75 Å². The fourth-order valence-electron chi connectivity index (χ4n) is 1.72. The zero-order chi connectivity index (χ0) is 15.3. The van der Waals surface area contributed by atoms with Crippen molar-refractivity contribution in [3.8, 4) is 0 Å². The Morgan fingerprint density at radius 2 is 1.90 bits per heavy atom. The second kappa shape index (κ2) is 7.54. The van der Waals surface area contributed by atoms with Crippen LogP contribution in [0, 0.1) is 0 Å². The predicted molar refractivity (Wildman–Crippen MR) is 80.3 cm³/mol. The molecule has 0 fully saturated rings. The van der Waals surface area contributed by atoms with Gasteiger partial charge >= 0.3 is 5.97 Å². The van der Waals surface area contributed by atoms with E-state index in [1.54, 1.807) is 11.0 Å². The summed E-state index contributed by atoms with van der Waals surface area (Å²) >= 11 is 3.21. The number of carboxylic acid groups (broad SMARTS) is 1. The van der Waals surface area contributed by atoms with Gasteiger partial charge in [-0.15, -0.1) is 0 Å². The van der Waals surface area contributed by atoms with Crippen LogP contribution < -0.4 is 0 Å². The number of carbonyl (C=O) groups excluding carboxylic acids is 1. The van der Waals surface area contributed by atoms with Crippen LogP contribution in [-0.2, 0) is 15.6 Å². The highest BCUT2D eigenvalue weighted by atomic mass is 79.9. The zero-order valence-corrected chi connectivity index (χ0v) is 13.7. The lowest BCUT2D eigenvalue weighted by Gasteiger charge is -2.18. The number of benzene rings is 1. The van der Waals surface area contributed by atoms with E-state index in [9.17, 15) is 13.8 Å². The van der Waals surface area contributed by atoms with Gasteiger partial charge < -0.3 is 10.0 Å². The fraction of sp³-hybridized carbons (Fsp3) is 0.385. The van der Waals surface area contributed by atoms with Gasteiger partial charge in [0.05, 0.1) is 21.3 Å². The first kappa shape index (κ1) is 16.8. The van der Waals surface area contributed by atoms with Gasteiger partial charge in [-0.2, -0.15) is 0 Å². The average Bonchev–Trinajstić information content (AvgIpc) is 2.39. The summed E-state index contributed by atoms with van der Waals surface area (Å²) in [5.41, 5.74) is -0.0427. The lowest BCUT2D eigenvalue weighted by atomic mass is 10.2. The number of rotatable bonds is 6. The lowest BCUT2D eigenvalue weighted by molar-refractivity contribution is -0.128. The first-order chi connectivity index (χ1) is 9.40. The Labute approximate surface area is 128 Å². The third kappa shape index (κ3) is 4.14. The highest BCUT2D eigenvalue weighted by Gasteiger charge is 2.20. The number of hydrogen-bond acceptors (Lipinski definition) is 3. The molecule has 0 aromatic heterocycles. The molecule has 0 aliphatic rings. The topological polar surface area (TPSA) is 74.7 Å². The minimum Gasteiger partial charge on any atom is -0.478 e. The van der Waals surface area contributed by atoms with E-state index in [0.29, 0.717) is 17.6 Å². The summed E-state index contributed by atoms with van der Waals surface area (Å²) in [7, 11) is -1.68. The standard InChI is InChI=1S/C13H16BrNO4S/c1-3-15(4-2)12(16)8-20(19)11-7-9(14)5-6-10(11)13(17)18/h5-7H,3-4,8H2,1-2H3,(H,17,18). The van der Waals surface area contributed by atoms with Crippen molar-refractivity contribution in [1.29, 1.82) is 0 Å². The van der Waals surface area contributed by atoms with Gasteiger partial charge in [0.2, 0.25) is 5.91 Å². The minimum atomic E-state index is -1.68. The Morgan fingerprint density at radius 1 is 1.30 bits per heavy atom. The van der Waals surface area contributed by atoms with E-state index in [0.717, 1.165) is 0 Å². The lowest BCUT2D eigenvalue weighted by Crippen LogP contribution is -2.34. The molecule has 1 N–H and O–H groups in total. The van der Waals surface area contributed by atoms with Crippen LogP contribution in [0.2, 0.25) is 0 Å². The predicted octanol–water partition coefficient (Wildman–Crippen LogP) is 2.12. The maximum atomic E-state index is 12.2. The van der Waals surface area contributed by atoms with E-state index < -0.39 is 16.8 Å². The van der Waals surface area contributed by atoms with Gasteiger partial charge in [-0.1, -0.05) is 15.9 Å². The number of hydrogen-bond donors (Lipinski definition) is 1. The number of amides is 1. The van der Waals surface area contributed by atoms with Crippen LogP contribution in [-0.4, -0.2) is 44.9 Å². The number of nitrogens with zero attached hydrogens (tertiary/aromatic N) is 1. The van der Waals surface area contributed by atoms with Crippen molar-refractivity contribution in [1.82, 2.24) is 4.90 Å². The molecule has 5 nitrogen and oxygen atoms in total. The van der Waals surface area contributed by atoms with Gasteiger partial charge in [-0.3, -0.25) is 9.00 Å². The van der Waals surface area contributed by atoms with Gasteiger partial charge in [-0.25, -0.2) is 4.79 Å². The van der Waals surface area contributed by atoms with Gasteiger partial charge in [0.25, 0.3) is 0 Å². The Morgan fingerprint density at radius 3 is 2.40 bits per heavy atom.